The Hall–Kier alpha value is -2.21. The standard InChI is InChI=1S/C17H22FN3O2/c1-21(12-17(22)23)9-4-2-3-8-15-11-16(20-19-15)13-6-5-7-14(18)10-13/h5-7,10-11H,2-4,8-9,12H2,1H3,(H,19,20)(H,22,23). The number of hydrogen-bond acceptors (Lipinski definition) is 3. The number of benzene rings is 1. The van der Waals surface area contributed by atoms with Crippen LogP contribution in [0.5, 0.6) is 0 Å². The van der Waals surface area contributed by atoms with E-state index < -0.39 is 5.97 Å². The van der Waals surface area contributed by atoms with Crippen LogP contribution in [0, 0.1) is 5.82 Å². The molecule has 124 valence electrons. The van der Waals surface area contributed by atoms with Crippen molar-refractivity contribution in [3.63, 3.8) is 0 Å². The van der Waals surface area contributed by atoms with E-state index in [4.69, 9.17) is 5.11 Å². The lowest BCUT2D eigenvalue weighted by Crippen LogP contribution is -2.26. The Morgan fingerprint density at radius 2 is 2.13 bits per heavy atom. The molecule has 0 atom stereocenters. The third-order valence-corrected chi connectivity index (χ3v) is 3.64. The van der Waals surface area contributed by atoms with Crippen LogP contribution in [-0.2, 0) is 11.2 Å². The van der Waals surface area contributed by atoms with Crippen LogP contribution in [0.25, 0.3) is 11.3 Å². The smallest absolute Gasteiger partial charge is 0.317 e. The molecule has 2 aromatic rings. The number of nitrogens with zero attached hydrogens (tertiary/aromatic N) is 2. The van der Waals surface area contributed by atoms with Crippen LogP contribution in [0.15, 0.2) is 30.3 Å². The molecule has 0 aliphatic rings. The van der Waals surface area contributed by atoms with Gasteiger partial charge in [-0.1, -0.05) is 18.6 Å². The zero-order valence-electron chi connectivity index (χ0n) is 13.3. The summed E-state index contributed by atoms with van der Waals surface area (Å²) in [5.41, 5.74) is 2.55. The molecule has 0 saturated heterocycles. The molecule has 5 nitrogen and oxygen atoms in total. The fraction of sp³-hybridized carbons (Fsp3) is 0.412. The minimum Gasteiger partial charge on any atom is -0.480 e. The SMILES string of the molecule is CN(CCCCCc1cc(-c2cccc(F)c2)n[nH]1)CC(=O)O. The summed E-state index contributed by atoms with van der Waals surface area (Å²) in [7, 11) is 1.81. The topological polar surface area (TPSA) is 69.2 Å². The van der Waals surface area contributed by atoms with Gasteiger partial charge >= 0.3 is 5.97 Å². The van der Waals surface area contributed by atoms with Crippen molar-refractivity contribution in [2.45, 2.75) is 25.7 Å². The predicted octanol–water partition coefficient (Wildman–Crippen LogP) is 2.95. The Kier molecular flexibility index (Phi) is 6.29. The van der Waals surface area contributed by atoms with E-state index in [1.165, 1.54) is 12.1 Å². The molecule has 0 spiro atoms. The molecule has 23 heavy (non-hydrogen) atoms. The Morgan fingerprint density at radius 3 is 2.87 bits per heavy atom. The minimum atomic E-state index is -0.796. The number of nitrogens with one attached hydrogen (secondary N) is 1. The van der Waals surface area contributed by atoms with Gasteiger partial charge in [0, 0.05) is 11.3 Å². The van der Waals surface area contributed by atoms with Gasteiger partial charge in [0.2, 0.25) is 0 Å². The molecule has 0 bridgehead atoms. The third-order valence-electron chi connectivity index (χ3n) is 3.64. The molecule has 0 aliphatic carbocycles. The molecule has 2 N–H and O–H groups in total. The largest absolute Gasteiger partial charge is 0.480 e. The van der Waals surface area contributed by atoms with E-state index in [9.17, 15) is 9.18 Å². The first kappa shape index (κ1) is 17.1. The molecule has 0 saturated carbocycles. The lowest BCUT2D eigenvalue weighted by molar-refractivity contribution is -0.137. The molecule has 0 amide bonds. The van der Waals surface area contributed by atoms with Crippen molar-refractivity contribution in [3.8, 4) is 11.3 Å². The molecule has 1 heterocycles. The van der Waals surface area contributed by atoms with Crippen molar-refractivity contribution < 1.29 is 14.3 Å². The molecule has 1 aromatic heterocycles. The maximum atomic E-state index is 13.2. The molecule has 0 radical (unpaired) electrons. The number of H-pyrrole nitrogens is 1. The van der Waals surface area contributed by atoms with Crippen molar-refractivity contribution in [1.82, 2.24) is 15.1 Å². The maximum absolute atomic E-state index is 13.2. The zero-order valence-corrected chi connectivity index (χ0v) is 13.3. The molecular formula is C17H22FN3O2. The second-order valence-electron chi connectivity index (χ2n) is 5.73. The van der Waals surface area contributed by atoms with Gasteiger partial charge in [-0.25, -0.2) is 4.39 Å². The number of carbonyl (C=O) groups is 1. The maximum Gasteiger partial charge on any atom is 0.317 e. The summed E-state index contributed by atoms with van der Waals surface area (Å²) in [6.07, 6.45) is 3.88. The predicted molar refractivity (Wildman–Crippen MR) is 86.7 cm³/mol. The number of halogens is 1. The van der Waals surface area contributed by atoms with Gasteiger partial charge in [0.25, 0.3) is 0 Å². The second-order valence-corrected chi connectivity index (χ2v) is 5.73. The second kappa shape index (κ2) is 8.43. The number of aryl methyl sites for hydroxylation is 1. The van der Waals surface area contributed by atoms with Gasteiger partial charge in [-0.3, -0.25) is 14.8 Å². The first-order valence-corrected chi connectivity index (χ1v) is 7.75. The molecule has 2 rings (SSSR count). The van der Waals surface area contributed by atoms with Gasteiger partial charge in [-0.15, -0.1) is 0 Å². The number of aromatic nitrogens is 2. The van der Waals surface area contributed by atoms with Crippen LogP contribution in [0.3, 0.4) is 0 Å². The molecule has 0 unspecified atom stereocenters. The van der Waals surface area contributed by atoms with E-state index >= 15 is 0 Å². The number of carboxylic acids is 1. The number of aromatic amines is 1. The number of unbranched alkanes of at least 4 members (excludes halogenated alkanes) is 2. The van der Waals surface area contributed by atoms with Gasteiger partial charge < -0.3 is 5.11 Å². The highest BCUT2D eigenvalue weighted by molar-refractivity contribution is 5.69. The van der Waals surface area contributed by atoms with Gasteiger partial charge in [0.1, 0.15) is 5.82 Å². The summed E-state index contributed by atoms with van der Waals surface area (Å²) < 4.78 is 13.2. The van der Waals surface area contributed by atoms with Crippen LogP contribution in [-0.4, -0.2) is 46.3 Å². The summed E-state index contributed by atoms with van der Waals surface area (Å²) in [5, 5.41) is 15.9. The van der Waals surface area contributed by atoms with Gasteiger partial charge in [0.05, 0.1) is 12.2 Å². The average Bonchev–Trinajstić information content (AvgIpc) is 2.95. The Balaban J connectivity index is 1.72. The van der Waals surface area contributed by atoms with Crippen LogP contribution >= 0.6 is 0 Å². The van der Waals surface area contributed by atoms with Crippen molar-refractivity contribution in [2.24, 2.45) is 0 Å². The Morgan fingerprint density at radius 1 is 1.30 bits per heavy atom. The van der Waals surface area contributed by atoms with Crippen molar-refractivity contribution >= 4 is 5.97 Å². The summed E-state index contributed by atoms with van der Waals surface area (Å²) >= 11 is 0. The van der Waals surface area contributed by atoms with E-state index in [1.54, 1.807) is 11.0 Å². The number of likely N-dealkylation sites (N-methyl/N-ethyl adjacent to an activating group) is 1. The van der Waals surface area contributed by atoms with Crippen LogP contribution in [0.2, 0.25) is 0 Å². The average molecular weight is 319 g/mol. The van der Waals surface area contributed by atoms with E-state index in [2.05, 4.69) is 10.2 Å². The van der Waals surface area contributed by atoms with Crippen molar-refractivity contribution in [2.75, 3.05) is 20.1 Å². The first-order valence-electron chi connectivity index (χ1n) is 7.75. The van der Waals surface area contributed by atoms with Crippen LogP contribution < -0.4 is 0 Å². The van der Waals surface area contributed by atoms with Gasteiger partial charge in [-0.05, 0) is 51.1 Å². The highest BCUT2D eigenvalue weighted by Crippen LogP contribution is 2.19. The highest BCUT2D eigenvalue weighted by atomic mass is 19.1. The lowest BCUT2D eigenvalue weighted by atomic mass is 10.1. The molecule has 6 heteroatoms. The van der Waals surface area contributed by atoms with Crippen molar-refractivity contribution in [1.29, 1.82) is 0 Å². The summed E-state index contributed by atoms with van der Waals surface area (Å²) in [6.45, 7) is 0.862. The summed E-state index contributed by atoms with van der Waals surface area (Å²) in [5.74, 6) is -1.06. The van der Waals surface area contributed by atoms with Gasteiger partial charge in [0.15, 0.2) is 0 Å². The summed E-state index contributed by atoms with van der Waals surface area (Å²) in [4.78, 5) is 12.4. The molecule has 1 aromatic carbocycles. The molecule has 0 fully saturated rings. The number of rotatable bonds is 9. The molecular weight excluding hydrogens is 297 g/mol. The van der Waals surface area contributed by atoms with E-state index in [-0.39, 0.29) is 12.4 Å². The van der Waals surface area contributed by atoms with Crippen LogP contribution in [0.1, 0.15) is 25.0 Å². The molecule has 0 aliphatic heterocycles. The monoisotopic (exact) mass is 319 g/mol. The fourth-order valence-electron chi connectivity index (χ4n) is 2.47. The van der Waals surface area contributed by atoms with E-state index in [0.717, 1.165) is 49.2 Å². The number of hydrogen-bond donors (Lipinski definition) is 2. The normalized spacial score (nSPS) is 11.1. The van der Waals surface area contributed by atoms with Crippen LogP contribution in [0.4, 0.5) is 4.39 Å². The Bertz CT molecular complexity index is 642. The quantitative estimate of drug-likeness (QED) is 0.697. The van der Waals surface area contributed by atoms with E-state index in [0.29, 0.717) is 0 Å². The lowest BCUT2D eigenvalue weighted by Gasteiger charge is -2.12. The van der Waals surface area contributed by atoms with E-state index in [1.807, 2.05) is 19.2 Å². The highest BCUT2D eigenvalue weighted by Gasteiger charge is 2.06. The number of aliphatic carboxylic acids is 1. The third kappa shape index (κ3) is 5.83. The number of carboxylic acid groups (broad SMARTS) is 1. The fourth-order valence-corrected chi connectivity index (χ4v) is 2.47. The first-order chi connectivity index (χ1) is 11.0. The van der Waals surface area contributed by atoms with Gasteiger partial charge in [-0.2, -0.15) is 5.10 Å². The minimum absolute atomic E-state index is 0.0809. The van der Waals surface area contributed by atoms with Crippen molar-refractivity contribution in [3.05, 3.63) is 41.8 Å². The summed E-state index contributed by atoms with van der Waals surface area (Å²) in [6, 6.07) is 8.34. The Labute approximate surface area is 135 Å². The zero-order chi connectivity index (χ0) is 16.7.